The SMILES string of the molecule is O=C(Br)CC1C=C(c2ccc(Cl)cc2)C=CC1=O. The number of carbonyl (C=O) groups excluding carboxylic acids is 2. The zero-order valence-electron chi connectivity index (χ0n) is 9.40. The summed E-state index contributed by atoms with van der Waals surface area (Å²) in [4.78, 5) is 22.7. The molecule has 0 heterocycles. The summed E-state index contributed by atoms with van der Waals surface area (Å²) in [5.41, 5.74) is 1.92. The Bertz CT molecular complexity index is 543. The molecule has 0 saturated heterocycles. The maximum atomic E-state index is 11.6. The molecule has 1 aromatic carbocycles. The molecule has 0 saturated carbocycles. The van der Waals surface area contributed by atoms with Gasteiger partial charge in [-0.1, -0.05) is 35.9 Å². The Labute approximate surface area is 118 Å². The van der Waals surface area contributed by atoms with Gasteiger partial charge in [0.1, 0.15) is 0 Å². The number of halogens is 2. The van der Waals surface area contributed by atoms with Crippen LogP contribution in [0.4, 0.5) is 0 Å². The third-order valence-electron chi connectivity index (χ3n) is 2.73. The number of allylic oxidation sites excluding steroid dienone is 4. The first-order valence-corrected chi connectivity index (χ1v) is 6.61. The highest BCUT2D eigenvalue weighted by atomic mass is 79.9. The summed E-state index contributed by atoms with van der Waals surface area (Å²) >= 11 is 8.69. The average Bonchev–Trinajstić information content (AvgIpc) is 2.32. The summed E-state index contributed by atoms with van der Waals surface area (Å²) in [5, 5.41) is 0.669. The molecule has 0 aliphatic heterocycles. The number of ketones is 1. The fraction of sp³-hybridized carbons (Fsp3) is 0.143. The van der Waals surface area contributed by atoms with E-state index in [1.807, 2.05) is 18.2 Å². The van der Waals surface area contributed by atoms with Crippen LogP contribution in [0, 0.1) is 5.92 Å². The lowest BCUT2D eigenvalue weighted by Crippen LogP contribution is -2.15. The molecule has 0 radical (unpaired) electrons. The molecule has 1 unspecified atom stereocenters. The van der Waals surface area contributed by atoms with Crippen LogP contribution < -0.4 is 0 Å². The quantitative estimate of drug-likeness (QED) is 0.792. The van der Waals surface area contributed by atoms with Crippen molar-refractivity contribution in [2.45, 2.75) is 6.42 Å². The third kappa shape index (κ3) is 3.18. The molecule has 1 aliphatic carbocycles. The first-order valence-electron chi connectivity index (χ1n) is 5.44. The number of carbonyl (C=O) groups is 2. The average molecular weight is 326 g/mol. The van der Waals surface area contributed by atoms with E-state index in [2.05, 4.69) is 15.9 Å². The van der Waals surface area contributed by atoms with Gasteiger partial charge in [-0.15, -0.1) is 0 Å². The van der Waals surface area contributed by atoms with Crippen molar-refractivity contribution in [3.05, 3.63) is 53.1 Å². The summed E-state index contributed by atoms with van der Waals surface area (Å²) in [7, 11) is 0. The number of hydrogen-bond donors (Lipinski definition) is 0. The van der Waals surface area contributed by atoms with Gasteiger partial charge < -0.3 is 0 Å². The van der Waals surface area contributed by atoms with E-state index in [-0.39, 0.29) is 22.8 Å². The van der Waals surface area contributed by atoms with Crippen molar-refractivity contribution in [1.82, 2.24) is 0 Å². The van der Waals surface area contributed by atoms with Crippen molar-refractivity contribution in [2.75, 3.05) is 0 Å². The van der Waals surface area contributed by atoms with E-state index in [4.69, 9.17) is 11.6 Å². The van der Waals surface area contributed by atoms with Gasteiger partial charge >= 0.3 is 0 Å². The molecule has 0 amide bonds. The number of benzene rings is 1. The Hall–Kier alpha value is -1.19. The normalized spacial score (nSPS) is 18.7. The van der Waals surface area contributed by atoms with Crippen LogP contribution in [0.25, 0.3) is 5.57 Å². The highest BCUT2D eigenvalue weighted by Gasteiger charge is 2.20. The molecule has 1 aliphatic rings. The van der Waals surface area contributed by atoms with Gasteiger partial charge in [0.15, 0.2) is 10.5 Å². The molecule has 2 rings (SSSR count). The van der Waals surface area contributed by atoms with Crippen molar-refractivity contribution in [3.63, 3.8) is 0 Å². The van der Waals surface area contributed by atoms with Crippen molar-refractivity contribution >= 4 is 43.6 Å². The second-order valence-corrected chi connectivity index (χ2v) is 5.35. The van der Waals surface area contributed by atoms with Crippen molar-refractivity contribution in [1.29, 1.82) is 0 Å². The summed E-state index contributed by atoms with van der Waals surface area (Å²) < 4.78 is -0.164. The van der Waals surface area contributed by atoms with Crippen LogP contribution in [0.2, 0.25) is 5.02 Å². The van der Waals surface area contributed by atoms with E-state index in [0.29, 0.717) is 5.02 Å². The molecule has 0 spiro atoms. The molecule has 0 N–H and O–H groups in total. The molecular formula is C14H10BrClO2. The molecule has 4 heteroatoms. The van der Waals surface area contributed by atoms with E-state index >= 15 is 0 Å². The summed E-state index contributed by atoms with van der Waals surface area (Å²) in [6, 6.07) is 7.38. The maximum Gasteiger partial charge on any atom is 0.198 e. The first-order chi connectivity index (χ1) is 8.56. The maximum absolute atomic E-state index is 11.6. The van der Waals surface area contributed by atoms with Gasteiger partial charge in [-0.3, -0.25) is 9.59 Å². The lowest BCUT2D eigenvalue weighted by molar-refractivity contribution is -0.120. The zero-order valence-corrected chi connectivity index (χ0v) is 11.7. The van der Waals surface area contributed by atoms with Crippen molar-refractivity contribution < 1.29 is 9.59 Å². The number of rotatable bonds is 3. The second kappa shape index (κ2) is 5.63. The minimum atomic E-state index is -0.382. The first kappa shape index (κ1) is 13.2. The minimum Gasteiger partial charge on any atom is -0.294 e. The highest BCUT2D eigenvalue weighted by Crippen LogP contribution is 2.26. The fourth-order valence-corrected chi connectivity index (χ4v) is 2.29. The fourth-order valence-electron chi connectivity index (χ4n) is 1.82. The Morgan fingerprint density at radius 1 is 1.22 bits per heavy atom. The van der Waals surface area contributed by atoms with Crippen LogP contribution in [0.15, 0.2) is 42.5 Å². The van der Waals surface area contributed by atoms with Crippen LogP contribution in [-0.2, 0) is 9.59 Å². The van der Waals surface area contributed by atoms with Crippen LogP contribution in [0.1, 0.15) is 12.0 Å². The largest absolute Gasteiger partial charge is 0.294 e. The smallest absolute Gasteiger partial charge is 0.198 e. The van der Waals surface area contributed by atoms with E-state index in [0.717, 1.165) is 11.1 Å². The van der Waals surface area contributed by atoms with E-state index in [1.54, 1.807) is 18.2 Å². The van der Waals surface area contributed by atoms with Crippen LogP contribution in [0.5, 0.6) is 0 Å². The molecular weight excluding hydrogens is 316 g/mol. The lowest BCUT2D eigenvalue weighted by atomic mass is 9.90. The van der Waals surface area contributed by atoms with E-state index in [9.17, 15) is 9.59 Å². The molecule has 0 bridgehead atoms. The van der Waals surface area contributed by atoms with E-state index < -0.39 is 0 Å². The van der Waals surface area contributed by atoms with Crippen LogP contribution >= 0.6 is 27.5 Å². The Balaban J connectivity index is 2.27. The topological polar surface area (TPSA) is 34.1 Å². The Morgan fingerprint density at radius 2 is 1.89 bits per heavy atom. The van der Waals surface area contributed by atoms with Gasteiger partial charge in [0.25, 0.3) is 0 Å². The molecule has 92 valence electrons. The summed E-state index contributed by atoms with van der Waals surface area (Å²) in [6.07, 6.45) is 5.29. The van der Waals surface area contributed by atoms with Gasteiger partial charge in [0, 0.05) is 17.4 Å². The summed E-state index contributed by atoms with van der Waals surface area (Å²) in [6.45, 7) is 0. The van der Waals surface area contributed by atoms with Gasteiger partial charge in [-0.05, 0) is 45.3 Å². The monoisotopic (exact) mass is 324 g/mol. The summed E-state index contributed by atoms with van der Waals surface area (Å²) in [5.74, 6) is -0.423. The van der Waals surface area contributed by atoms with Gasteiger partial charge in [0.05, 0.1) is 0 Å². The van der Waals surface area contributed by atoms with Crippen molar-refractivity contribution in [3.8, 4) is 0 Å². The van der Waals surface area contributed by atoms with Gasteiger partial charge in [0.2, 0.25) is 0 Å². The zero-order chi connectivity index (χ0) is 13.1. The lowest BCUT2D eigenvalue weighted by Gasteiger charge is -2.14. The molecule has 2 nitrogen and oxygen atoms in total. The second-order valence-electron chi connectivity index (χ2n) is 4.03. The number of hydrogen-bond acceptors (Lipinski definition) is 2. The molecule has 1 atom stereocenters. The van der Waals surface area contributed by atoms with Crippen LogP contribution in [-0.4, -0.2) is 10.5 Å². The molecule has 18 heavy (non-hydrogen) atoms. The van der Waals surface area contributed by atoms with E-state index in [1.165, 1.54) is 6.08 Å². The third-order valence-corrected chi connectivity index (χ3v) is 3.31. The Kier molecular flexibility index (Phi) is 4.15. The minimum absolute atomic E-state index is 0.0412. The Morgan fingerprint density at radius 3 is 2.50 bits per heavy atom. The predicted octanol–water partition coefficient (Wildman–Crippen LogP) is 3.79. The predicted molar refractivity (Wildman–Crippen MR) is 75.6 cm³/mol. The standard InChI is InChI=1S/C14H10BrClO2/c15-14(18)8-11-7-10(3-6-13(11)17)9-1-4-12(16)5-2-9/h1-7,11H,8H2. The molecule has 1 aromatic rings. The highest BCUT2D eigenvalue weighted by molar-refractivity contribution is 9.18. The van der Waals surface area contributed by atoms with Crippen LogP contribution in [0.3, 0.4) is 0 Å². The molecule has 0 fully saturated rings. The van der Waals surface area contributed by atoms with Gasteiger partial charge in [-0.25, -0.2) is 0 Å². The molecule has 0 aromatic heterocycles. The van der Waals surface area contributed by atoms with Crippen molar-refractivity contribution in [2.24, 2.45) is 5.92 Å². The van der Waals surface area contributed by atoms with Gasteiger partial charge in [-0.2, -0.15) is 0 Å².